The molecule has 0 aliphatic carbocycles. The maximum atomic E-state index is 11.5. The maximum absolute atomic E-state index is 11.5. The molecule has 0 aromatic carbocycles. The number of nitrogens with one attached hydrogen (secondary N) is 1. The van der Waals surface area contributed by atoms with Crippen molar-refractivity contribution in [3.05, 3.63) is 23.8 Å². The number of carbonyl (C=O) groups is 1. The van der Waals surface area contributed by atoms with Gasteiger partial charge in [0.2, 0.25) is 0 Å². The van der Waals surface area contributed by atoms with Gasteiger partial charge in [0.25, 0.3) is 0 Å². The summed E-state index contributed by atoms with van der Waals surface area (Å²) in [7, 11) is 1.70. The summed E-state index contributed by atoms with van der Waals surface area (Å²) in [5.74, 6) is -0.126. The Labute approximate surface area is 79.1 Å². The van der Waals surface area contributed by atoms with Crippen LogP contribution in [0.15, 0.2) is 12.4 Å². The first-order chi connectivity index (χ1) is 6.75. The van der Waals surface area contributed by atoms with Gasteiger partial charge in [-0.2, -0.15) is 30.4 Å². The number of ketones is 1. The molecule has 0 spiro atoms. The number of hydrogen-bond acceptors (Lipinski definition) is 5. The second-order valence-corrected chi connectivity index (χ2v) is 2.78. The predicted molar refractivity (Wildman–Crippen MR) is 45.4 cm³/mol. The van der Waals surface area contributed by atoms with Crippen molar-refractivity contribution >= 4 is 5.78 Å². The van der Waals surface area contributed by atoms with Gasteiger partial charge < -0.3 is 0 Å². The number of nitrogens with zero attached hydrogens (tertiary/aromatic N) is 5. The van der Waals surface area contributed by atoms with E-state index in [-0.39, 0.29) is 12.2 Å². The molecule has 2 aromatic heterocycles. The van der Waals surface area contributed by atoms with E-state index in [0.29, 0.717) is 11.4 Å². The molecule has 0 saturated carbocycles. The average Bonchev–Trinajstić information content (AvgIpc) is 2.75. The number of aromatic amines is 1. The summed E-state index contributed by atoms with van der Waals surface area (Å²) < 4.78 is 0. The Balaban J connectivity index is 2.09. The Kier molecular flexibility index (Phi) is 2.05. The number of hydrogen-bond donors (Lipinski definition) is 1. The molecule has 7 heteroatoms. The number of aromatic nitrogens is 6. The predicted octanol–water partition coefficient (Wildman–Crippen LogP) is -0.641. The molecule has 0 aliphatic heterocycles. The molecule has 7 nitrogen and oxygen atoms in total. The second-order valence-electron chi connectivity index (χ2n) is 2.78. The summed E-state index contributed by atoms with van der Waals surface area (Å²) in [6.07, 6.45) is 3.14. The zero-order valence-electron chi connectivity index (χ0n) is 7.51. The van der Waals surface area contributed by atoms with Crippen molar-refractivity contribution in [3.8, 4) is 0 Å². The molecule has 0 atom stereocenters. The van der Waals surface area contributed by atoms with Gasteiger partial charge in [-0.05, 0) is 0 Å². The van der Waals surface area contributed by atoms with E-state index in [1.54, 1.807) is 13.2 Å². The number of carbonyl (C=O) groups excluding carboxylic acids is 1. The number of aryl methyl sites for hydroxylation is 1. The summed E-state index contributed by atoms with van der Waals surface area (Å²) in [5, 5.41) is 17.5. The first kappa shape index (κ1) is 8.54. The average molecular weight is 192 g/mol. The Morgan fingerprint density at radius 3 is 3.00 bits per heavy atom. The largest absolute Gasteiger partial charge is 0.292 e. The molecule has 2 rings (SSSR count). The van der Waals surface area contributed by atoms with Crippen LogP contribution in [0.2, 0.25) is 0 Å². The molecule has 0 amide bonds. The molecule has 14 heavy (non-hydrogen) atoms. The molecule has 2 aromatic rings. The highest BCUT2D eigenvalue weighted by Crippen LogP contribution is 1.99. The van der Waals surface area contributed by atoms with Crippen LogP contribution >= 0.6 is 0 Å². The number of Topliss-reactive ketones (excluding diaryl/α,β-unsaturated/α-hetero) is 1. The van der Waals surface area contributed by atoms with E-state index in [2.05, 4.69) is 25.6 Å². The summed E-state index contributed by atoms with van der Waals surface area (Å²) in [4.78, 5) is 12.9. The minimum atomic E-state index is -0.126. The van der Waals surface area contributed by atoms with Crippen molar-refractivity contribution in [1.29, 1.82) is 0 Å². The highest BCUT2D eigenvalue weighted by Gasteiger charge is 2.11. The summed E-state index contributed by atoms with van der Waals surface area (Å²) in [5.41, 5.74) is 0.941. The summed E-state index contributed by atoms with van der Waals surface area (Å²) in [6, 6.07) is 0. The minimum Gasteiger partial charge on any atom is -0.292 e. The van der Waals surface area contributed by atoms with Crippen LogP contribution in [0.1, 0.15) is 16.2 Å². The van der Waals surface area contributed by atoms with E-state index in [9.17, 15) is 4.79 Å². The fourth-order valence-electron chi connectivity index (χ4n) is 1.06. The van der Waals surface area contributed by atoms with Gasteiger partial charge >= 0.3 is 0 Å². The molecule has 0 aliphatic rings. The van der Waals surface area contributed by atoms with Crippen LogP contribution in [-0.4, -0.2) is 36.2 Å². The van der Waals surface area contributed by atoms with E-state index in [0.717, 1.165) is 0 Å². The van der Waals surface area contributed by atoms with Gasteiger partial charge in [0, 0.05) is 7.05 Å². The lowest BCUT2D eigenvalue weighted by atomic mass is 10.2. The van der Waals surface area contributed by atoms with Gasteiger partial charge in [0.15, 0.2) is 5.78 Å². The van der Waals surface area contributed by atoms with E-state index < -0.39 is 0 Å². The molecule has 0 unspecified atom stereocenters. The van der Waals surface area contributed by atoms with Gasteiger partial charge in [0.05, 0.1) is 24.5 Å². The fraction of sp³-hybridized carbons (Fsp3) is 0.286. The number of H-pyrrole nitrogens is 1. The smallest absolute Gasteiger partial charge is 0.190 e. The lowest BCUT2D eigenvalue weighted by Gasteiger charge is -1.90. The van der Waals surface area contributed by atoms with E-state index in [1.165, 1.54) is 11.0 Å². The Bertz CT molecular complexity index is 431. The lowest BCUT2D eigenvalue weighted by Crippen LogP contribution is -2.05. The third-order valence-electron chi connectivity index (χ3n) is 1.69. The summed E-state index contributed by atoms with van der Waals surface area (Å²) in [6.45, 7) is 0. The van der Waals surface area contributed by atoms with Crippen molar-refractivity contribution < 1.29 is 4.79 Å². The van der Waals surface area contributed by atoms with Gasteiger partial charge in [-0.3, -0.25) is 4.79 Å². The monoisotopic (exact) mass is 192 g/mol. The Hall–Kier alpha value is -2.05. The minimum absolute atomic E-state index is 0.126. The van der Waals surface area contributed by atoms with Crippen LogP contribution in [0.25, 0.3) is 0 Å². The topological polar surface area (TPSA) is 89.4 Å². The molecule has 0 radical (unpaired) electrons. The maximum Gasteiger partial charge on any atom is 0.190 e. The van der Waals surface area contributed by atoms with Crippen LogP contribution in [0.3, 0.4) is 0 Å². The molecular weight excluding hydrogens is 184 g/mol. The lowest BCUT2D eigenvalue weighted by molar-refractivity contribution is 0.0987. The van der Waals surface area contributed by atoms with Crippen molar-refractivity contribution in [2.24, 2.45) is 7.05 Å². The van der Waals surface area contributed by atoms with Crippen molar-refractivity contribution in [2.75, 3.05) is 0 Å². The SMILES string of the molecule is Cn1ncc(CC(=O)c2cn[nH]n2)n1. The second kappa shape index (κ2) is 3.36. The first-order valence-electron chi connectivity index (χ1n) is 4.00. The molecule has 0 saturated heterocycles. The molecule has 0 bridgehead atoms. The van der Waals surface area contributed by atoms with Gasteiger partial charge in [-0.25, -0.2) is 0 Å². The Morgan fingerprint density at radius 1 is 1.57 bits per heavy atom. The third-order valence-corrected chi connectivity index (χ3v) is 1.69. The highest BCUT2D eigenvalue weighted by atomic mass is 16.1. The molecule has 72 valence electrons. The van der Waals surface area contributed by atoms with Gasteiger partial charge in [-0.15, -0.1) is 0 Å². The van der Waals surface area contributed by atoms with Crippen LogP contribution in [0.5, 0.6) is 0 Å². The molecular formula is C7H8N6O. The van der Waals surface area contributed by atoms with Crippen molar-refractivity contribution in [3.63, 3.8) is 0 Å². The van der Waals surface area contributed by atoms with Crippen LogP contribution in [0.4, 0.5) is 0 Å². The molecule has 1 N–H and O–H groups in total. The standard InChI is InChI=1S/C7H8N6O/c1-13-9-3-5(11-13)2-7(14)6-4-8-12-10-6/h3-4H,2H2,1H3,(H,8,10,12). The third kappa shape index (κ3) is 1.65. The van der Waals surface area contributed by atoms with Crippen LogP contribution < -0.4 is 0 Å². The highest BCUT2D eigenvalue weighted by molar-refractivity contribution is 5.95. The zero-order chi connectivity index (χ0) is 9.97. The fourth-order valence-corrected chi connectivity index (χ4v) is 1.06. The molecule has 0 fully saturated rings. The van der Waals surface area contributed by atoms with Gasteiger partial charge in [-0.1, -0.05) is 0 Å². The molecule has 2 heterocycles. The number of rotatable bonds is 3. The van der Waals surface area contributed by atoms with Crippen LogP contribution in [-0.2, 0) is 13.5 Å². The normalized spacial score (nSPS) is 10.4. The Morgan fingerprint density at radius 2 is 2.43 bits per heavy atom. The summed E-state index contributed by atoms with van der Waals surface area (Å²) >= 11 is 0. The van der Waals surface area contributed by atoms with Gasteiger partial charge in [0.1, 0.15) is 5.69 Å². The van der Waals surface area contributed by atoms with E-state index >= 15 is 0 Å². The van der Waals surface area contributed by atoms with Crippen molar-refractivity contribution in [2.45, 2.75) is 6.42 Å². The zero-order valence-corrected chi connectivity index (χ0v) is 7.51. The first-order valence-corrected chi connectivity index (χ1v) is 4.00. The quantitative estimate of drug-likeness (QED) is 0.653. The van der Waals surface area contributed by atoms with Crippen molar-refractivity contribution in [1.82, 2.24) is 30.4 Å². The van der Waals surface area contributed by atoms with Crippen LogP contribution in [0, 0.1) is 0 Å². The van der Waals surface area contributed by atoms with E-state index in [4.69, 9.17) is 0 Å². The van der Waals surface area contributed by atoms with E-state index in [1.807, 2.05) is 0 Å².